The highest BCUT2D eigenvalue weighted by molar-refractivity contribution is 5.93. The fourth-order valence-corrected chi connectivity index (χ4v) is 3.63. The van der Waals surface area contributed by atoms with Crippen LogP contribution in [0.15, 0.2) is 48.5 Å². The molecule has 0 bridgehead atoms. The van der Waals surface area contributed by atoms with Crippen LogP contribution in [0.5, 0.6) is 5.75 Å². The van der Waals surface area contributed by atoms with Gasteiger partial charge in [0.2, 0.25) is 0 Å². The van der Waals surface area contributed by atoms with Crippen molar-refractivity contribution in [3.63, 3.8) is 0 Å². The van der Waals surface area contributed by atoms with E-state index in [1.165, 1.54) is 22.9 Å². The van der Waals surface area contributed by atoms with Crippen molar-refractivity contribution in [1.29, 1.82) is 0 Å². The maximum Gasteiger partial charge on any atom is 0.276 e. The molecule has 0 aliphatic carbocycles. The van der Waals surface area contributed by atoms with Crippen molar-refractivity contribution in [1.82, 2.24) is 19.9 Å². The molecule has 1 N–H and O–H groups in total. The third kappa shape index (κ3) is 4.27. The molecule has 7 nitrogen and oxygen atoms in total. The lowest BCUT2D eigenvalue weighted by Crippen LogP contribution is -2.33. The molecule has 2 aromatic carbocycles. The second kappa shape index (κ2) is 8.81. The van der Waals surface area contributed by atoms with Gasteiger partial charge in [-0.15, -0.1) is 5.10 Å². The van der Waals surface area contributed by atoms with Crippen molar-refractivity contribution in [2.75, 3.05) is 13.1 Å². The number of rotatable bonds is 4. The minimum Gasteiger partial charge on any atom is -0.485 e. The highest BCUT2D eigenvalue weighted by Gasteiger charge is 2.31. The molecule has 4 rings (SSSR count). The molecule has 0 spiro atoms. The van der Waals surface area contributed by atoms with Crippen molar-refractivity contribution in [3.8, 4) is 11.4 Å². The first-order chi connectivity index (χ1) is 15.0. The van der Waals surface area contributed by atoms with E-state index in [1.807, 2.05) is 0 Å². The first kappa shape index (κ1) is 20.9. The normalized spacial score (nSPS) is 19.2. The molecule has 1 aromatic heterocycles. The number of aromatic nitrogens is 3. The Kier molecular flexibility index (Phi) is 5.94. The molecule has 0 saturated carbocycles. The summed E-state index contributed by atoms with van der Waals surface area (Å²) in [5.41, 5.74) is 0.737. The summed E-state index contributed by atoms with van der Waals surface area (Å²) in [6.45, 7) is 2.22. The summed E-state index contributed by atoms with van der Waals surface area (Å²) in [5, 5.41) is 18.4. The number of likely N-dealkylation sites (tertiary alicyclic amines) is 1. The number of benzene rings is 2. The maximum atomic E-state index is 14.1. The van der Waals surface area contributed by atoms with Crippen LogP contribution in [0.1, 0.15) is 29.0 Å². The third-order valence-corrected chi connectivity index (χ3v) is 5.39. The van der Waals surface area contributed by atoms with Crippen molar-refractivity contribution in [3.05, 3.63) is 71.6 Å². The van der Waals surface area contributed by atoms with Gasteiger partial charge in [0.15, 0.2) is 17.3 Å². The molecule has 1 aliphatic heterocycles. The molecule has 162 valence electrons. The predicted molar refractivity (Wildman–Crippen MR) is 108 cm³/mol. The van der Waals surface area contributed by atoms with Gasteiger partial charge in [0.25, 0.3) is 5.91 Å². The molecule has 3 aromatic rings. The van der Waals surface area contributed by atoms with Gasteiger partial charge in [-0.2, -0.15) is 0 Å². The molecular weight excluding hydrogens is 406 g/mol. The van der Waals surface area contributed by atoms with Gasteiger partial charge < -0.3 is 14.7 Å². The molecule has 0 unspecified atom stereocenters. The average Bonchev–Trinajstić information content (AvgIpc) is 3.04. The van der Waals surface area contributed by atoms with Gasteiger partial charge in [0, 0.05) is 19.5 Å². The number of amides is 1. The van der Waals surface area contributed by atoms with E-state index in [0.717, 1.165) is 0 Å². The molecule has 9 heteroatoms. The Morgan fingerprint density at radius 2 is 1.74 bits per heavy atom. The van der Waals surface area contributed by atoms with Gasteiger partial charge in [-0.1, -0.05) is 29.5 Å². The summed E-state index contributed by atoms with van der Waals surface area (Å²) in [6.07, 6.45) is -0.912. The number of para-hydroxylation sites is 2. The SMILES string of the molecule is Cc1c(C(=O)N2CC[C@H](Oc3ccccc3F)[C@@H](O)CC2)nnn1-c1ccccc1F. The van der Waals surface area contributed by atoms with Crippen LogP contribution in [0, 0.1) is 18.6 Å². The molecule has 1 fully saturated rings. The minimum absolute atomic E-state index is 0.0648. The monoisotopic (exact) mass is 428 g/mol. The largest absolute Gasteiger partial charge is 0.485 e. The molecule has 1 amide bonds. The second-order valence-electron chi connectivity index (χ2n) is 7.41. The zero-order chi connectivity index (χ0) is 22.0. The van der Waals surface area contributed by atoms with E-state index in [2.05, 4.69) is 10.3 Å². The summed E-state index contributed by atoms with van der Waals surface area (Å²) in [5.74, 6) is -1.28. The molecule has 1 aliphatic rings. The fourth-order valence-electron chi connectivity index (χ4n) is 3.63. The lowest BCUT2D eigenvalue weighted by Gasteiger charge is -2.22. The highest BCUT2D eigenvalue weighted by Crippen LogP contribution is 2.23. The number of carbonyl (C=O) groups excluding carboxylic acids is 1. The van der Waals surface area contributed by atoms with E-state index in [4.69, 9.17) is 4.74 Å². The smallest absolute Gasteiger partial charge is 0.276 e. The lowest BCUT2D eigenvalue weighted by atomic mass is 10.1. The summed E-state index contributed by atoms with van der Waals surface area (Å²) < 4.78 is 35.0. The number of aliphatic hydroxyl groups is 1. The zero-order valence-electron chi connectivity index (χ0n) is 16.9. The number of hydrogen-bond donors (Lipinski definition) is 1. The van der Waals surface area contributed by atoms with Crippen LogP contribution in [-0.4, -0.2) is 56.2 Å². The molecule has 2 heterocycles. The number of halogens is 2. The van der Waals surface area contributed by atoms with E-state index in [-0.39, 0.29) is 36.0 Å². The van der Waals surface area contributed by atoms with Crippen molar-refractivity contribution in [2.24, 2.45) is 0 Å². The second-order valence-corrected chi connectivity index (χ2v) is 7.41. The Labute approximate surface area is 177 Å². The first-order valence-corrected chi connectivity index (χ1v) is 10.0. The van der Waals surface area contributed by atoms with E-state index < -0.39 is 23.8 Å². The Balaban J connectivity index is 1.49. The zero-order valence-corrected chi connectivity index (χ0v) is 16.9. The van der Waals surface area contributed by atoms with Crippen molar-refractivity contribution in [2.45, 2.75) is 32.0 Å². The van der Waals surface area contributed by atoms with Gasteiger partial charge >= 0.3 is 0 Å². The molecule has 2 atom stereocenters. The molecule has 0 radical (unpaired) electrons. The number of hydrogen-bond acceptors (Lipinski definition) is 5. The predicted octanol–water partition coefficient (Wildman–Crippen LogP) is 2.90. The van der Waals surface area contributed by atoms with E-state index >= 15 is 0 Å². The highest BCUT2D eigenvalue weighted by atomic mass is 19.1. The summed E-state index contributed by atoms with van der Waals surface area (Å²) in [7, 11) is 0. The Hall–Kier alpha value is -3.33. The Morgan fingerprint density at radius 1 is 1.06 bits per heavy atom. The fraction of sp³-hybridized carbons (Fsp3) is 0.318. The average molecular weight is 428 g/mol. The van der Waals surface area contributed by atoms with E-state index in [0.29, 0.717) is 18.7 Å². The molecule has 31 heavy (non-hydrogen) atoms. The van der Waals surface area contributed by atoms with E-state index in [1.54, 1.807) is 42.2 Å². The number of aliphatic hydroxyl groups excluding tert-OH is 1. The van der Waals surface area contributed by atoms with Gasteiger partial charge in [-0.25, -0.2) is 13.5 Å². The Morgan fingerprint density at radius 3 is 2.48 bits per heavy atom. The number of carbonyl (C=O) groups is 1. The summed E-state index contributed by atoms with van der Waals surface area (Å²) >= 11 is 0. The maximum absolute atomic E-state index is 14.1. The van der Waals surface area contributed by atoms with Gasteiger partial charge in [0.1, 0.15) is 17.6 Å². The van der Waals surface area contributed by atoms with Crippen LogP contribution in [0.4, 0.5) is 8.78 Å². The van der Waals surface area contributed by atoms with Gasteiger partial charge in [-0.05, 0) is 37.6 Å². The quantitative estimate of drug-likeness (QED) is 0.691. The van der Waals surface area contributed by atoms with Gasteiger partial charge in [0.05, 0.1) is 11.8 Å². The van der Waals surface area contributed by atoms with Crippen LogP contribution in [0.2, 0.25) is 0 Å². The first-order valence-electron chi connectivity index (χ1n) is 10.0. The van der Waals surface area contributed by atoms with Crippen LogP contribution in [0.3, 0.4) is 0 Å². The van der Waals surface area contributed by atoms with E-state index in [9.17, 15) is 18.7 Å². The lowest BCUT2D eigenvalue weighted by molar-refractivity contribution is 0.0328. The summed E-state index contributed by atoms with van der Waals surface area (Å²) in [6, 6.07) is 12.1. The molecular formula is C22H22F2N4O3. The topological polar surface area (TPSA) is 80.5 Å². The van der Waals surface area contributed by atoms with Gasteiger partial charge in [-0.3, -0.25) is 4.79 Å². The van der Waals surface area contributed by atoms with Crippen LogP contribution in [0.25, 0.3) is 5.69 Å². The van der Waals surface area contributed by atoms with Crippen LogP contribution < -0.4 is 4.74 Å². The van der Waals surface area contributed by atoms with Crippen LogP contribution >= 0.6 is 0 Å². The Bertz CT molecular complexity index is 1090. The minimum atomic E-state index is -0.854. The number of nitrogens with zero attached hydrogens (tertiary/aromatic N) is 4. The number of ether oxygens (including phenoxy) is 1. The standard InChI is InChI=1S/C22H22F2N4O3/c1-14-21(25-26-28(14)17-8-4-2-6-15(17)23)22(30)27-12-10-18(29)20(11-13-27)31-19-9-5-3-7-16(19)24/h2-9,18,20,29H,10-13H2,1H3/t18-,20-/m0/s1. The third-order valence-electron chi connectivity index (χ3n) is 5.39. The van der Waals surface area contributed by atoms with Crippen molar-refractivity contribution < 1.29 is 23.4 Å². The molecule has 1 saturated heterocycles. The van der Waals surface area contributed by atoms with Crippen molar-refractivity contribution >= 4 is 5.91 Å². The van der Waals surface area contributed by atoms with Crippen LogP contribution in [-0.2, 0) is 0 Å². The summed E-state index contributed by atoms with van der Waals surface area (Å²) in [4.78, 5) is 14.6.